The van der Waals surface area contributed by atoms with E-state index in [2.05, 4.69) is 65.4 Å². The number of nitrogens with one attached hydrogen (secondary N) is 2. The lowest BCUT2D eigenvalue weighted by Gasteiger charge is -2.35. The number of rotatable bonds is 6. The van der Waals surface area contributed by atoms with Crippen LogP contribution in [-0.4, -0.2) is 27.6 Å². The number of nitrogens with zero attached hydrogens (tertiary/aromatic N) is 4. The first kappa shape index (κ1) is 22.1. The number of hydrogen-bond donors (Lipinski definition) is 3. The molecular formula is C26H29N7. The van der Waals surface area contributed by atoms with Gasteiger partial charge in [-0.15, -0.1) is 0 Å². The lowest BCUT2D eigenvalue weighted by Crippen LogP contribution is -2.38. The summed E-state index contributed by atoms with van der Waals surface area (Å²) in [4.78, 5) is 19.6. The van der Waals surface area contributed by atoms with Gasteiger partial charge in [-0.05, 0) is 51.0 Å². The summed E-state index contributed by atoms with van der Waals surface area (Å²) in [6, 6.07) is 14.1. The number of aliphatic imine (C=N–C) groups is 2. The Labute approximate surface area is 194 Å². The molecule has 3 aromatic rings. The highest BCUT2D eigenvalue weighted by Gasteiger charge is 2.30. The zero-order chi connectivity index (χ0) is 23.7. The number of benzene rings is 2. The van der Waals surface area contributed by atoms with Gasteiger partial charge >= 0.3 is 0 Å². The molecule has 33 heavy (non-hydrogen) atoms. The number of para-hydroxylation sites is 1. The smallest absolute Gasteiger partial charge is 0.158 e. The molecule has 0 saturated heterocycles. The average Bonchev–Trinajstić information content (AvgIpc) is 3.22. The van der Waals surface area contributed by atoms with Crippen LogP contribution in [-0.2, 0) is 0 Å². The first-order valence-corrected chi connectivity index (χ1v) is 10.8. The van der Waals surface area contributed by atoms with Crippen LogP contribution in [0, 0.1) is 13.8 Å². The van der Waals surface area contributed by atoms with E-state index in [9.17, 15) is 0 Å². The van der Waals surface area contributed by atoms with Gasteiger partial charge in [-0.2, -0.15) is 0 Å². The molecule has 0 spiro atoms. The van der Waals surface area contributed by atoms with Crippen LogP contribution < -0.4 is 16.0 Å². The monoisotopic (exact) mass is 439 g/mol. The molecule has 0 bridgehead atoms. The van der Waals surface area contributed by atoms with Gasteiger partial charge < -0.3 is 16.0 Å². The summed E-state index contributed by atoms with van der Waals surface area (Å²) < 4.78 is 0. The summed E-state index contributed by atoms with van der Waals surface area (Å²) in [6.45, 7) is 16.3. The number of imidazole rings is 1. The molecule has 0 saturated carbocycles. The predicted octanol–water partition coefficient (Wildman–Crippen LogP) is 5.29. The third-order valence-corrected chi connectivity index (χ3v) is 5.67. The van der Waals surface area contributed by atoms with Crippen LogP contribution in [0.4, 0.5) is 17.2 Å². The van der Waals surface area contributed by atoms with Gasteiger partial charge in [0.1, 0.15) is 17.6 Å². The molecule has 2 heterocycles. The Bertz CT molecular complexity index is 1300. The Kier molecular flexibility index (Phi) is 5.87. The number of H-pyrrole nitrogens is 1. The van der Waals surface area contributed by atoms with Crippen LogP contribution in [0.25, 0.3) is 5.70 Å². The van der Waals surface area contributed by atoms with Crippen LogP contribution in [0.15, 0.2) is 77.8 Å². The number of aromatic amines is 1. The van der Waals surface area contributed by atoms with Gasteiger partial charge in [0, 0.05) is 11.3 Å². The van der Waals surface area contributed by atoms with Crippen LogP contribution in [0.1, 0.15) is 36.2 Å². The lowest BCUT2D eigenvalue weighted by atomic mass is 9.99. The minimum Gasteiger partial charge on any atom is -0.386 e. The molecule has 1 aromatic heterocycles. The summed E-state index contributed by atoms with van der Waals surface area (Å²) >= 11 is 0. The molecule has 0 amide bonds. The van der Waals surface area contributed by atoms with Crippen LogP contribution in [0.2, 0.25) is 0 Å². The third-order valence-electron chi connectivity index (χ3n) is 5.67. The Hall–Kier alpha value is -4.13. The van der Waals surface area contributed by atoms with Crippen LogP contribution in [0.3, 0.4) is 0 Å². The fourth-order valence-corrected chi connectivity index (χ4v) is 4.14. The highest BCUT2D eigenvalue weighted by atomic mass is 15.2. The minimum absolute atomic E-state index is 0.257. The van der Waals surface area contributed by atoms with Gasteiger partial charge in [0.2, 0.25) is 0 Å². The van der Waals surface area contributed by atoms with Crippen molar-refractivity contribution in [2.45, 2.75) is 33.7 Å². The first-order chi connectivity index (χ1) is 15.8. The zero-order valence-corrected chi connectivity index (χ0v) is 19.5. The SMILES string of the molecule is C=C(N)Nc1nc[nH]c1C(C)=NC(C)C1=Nc2cccc(C)c2C(=C)N1c1ccccc1C. The van der Waals surface area contributed by atoms with E-state index in [4.69, 9.17) is 15.7 Å². The average molecular weight is 440 g/mol. The fourth-order valence-electron chi connectivity index (χ4n) is 4.14. The molecule has 2 aromatic carbocycles. The van der Waals surface area contributed by atoms with Gasteiger partial charge in [-0.1, -0.05) is 43.5 Å². The molecular weight excluding hydrogens is 410 g/mol. The van der Waals surface area contributed by atoms with E-state index < -0.39 is 0 Å². The second-order valence-corrected chi connectivity index (χ2v) is 8.17. The molecule has 1 aliphatic heterocycles. The molecule has 1 aliphatic rings. The molecule has 0 fully saturated rings. The van der Waals surface area contributed by atoms with Gasteiger partial charge in [-0.3, -0.25) is 9.89 Å². The summed E-state index contributed by atoms with van der Waals surface area (Å²) in [5.41, 5.74) is 13.4. The van der Waals surface area contributed by atoms with Crippen molar-refractivity contribution in [3.63, 3.8) is 0 Å². The normalized spacial score (nSPS) is 14.5. The van der Waals surface area contributed by atoms with E-state index in [0.29, 0.717) is 11.6 Å². The number of nitrogens with two attached hydrogens (primary N) is 1. The molecule has 1 unspecified atom stereocenters. The molecule has 1 atom stereocenters. The zero-order valence-electron chi connectivity index (χ0n) is 19.5. The summed E-state index contributed by atoms with van der Waals surface area (Å²) in [6.07, 6.45) is 1.60. The van der Waals surface area contributed by atoms with E-state index in [1.807, 2.05) is 38.1 Å². The van der Waals surface area contributed by atoms with E-state index in [1.54, 1.807) is 6.33 Å². The number of aryl methyl sites for hydroxylation is 2. The van der Waals surface area contributed by atoms with Crippen molar-refractivity contribution in [2.24, 2.45) is 15.7 Å². The van der Waals surface area contributed by atoms with Gasteiger partial charge in [-0.25, -0.2) is 9.98 Å². The van der Waals surface area contributed by atoms with Crippen molar-refractivity contribution in [3.8, 4) is 0 Å². The summed E-state index contributed by atoms with van der Waals surface area (Å²) in [5, 5.41) is 2.96. The lowest BCUT2D eigenvalue weighted by molar-refractivity contribution is 0.942. The largest absolute Gasteiger partial charge is 0.386 e. The van der Waals surface area contributed by atoms with Crippen molar-refractivity contribution in [2.75, 3.05) is 10.2 Å². The number of fused-ring (bicyclic) bond motifs is 1. The van der Waals surface area contributed by atoms with Crippen LogP contribution in [0.5, 0.6) is 0 Å². The second kappa shape index (κ2) is 8.78. The Morgan fingerprint density at radius 1 is 1.15 bits per heavy atom. The summed E-state index contributed by atoms with van der Waals surface area (Å²) in [7, 11) is 0. The number of aromatic nitrogens is 2. The third kappa shape index (κ3) is 4.17. The molecule has 4 N–H and O–H groups in total. The minimum atomic E-state index is -0.257. The molecule has 0 radical (unpaired) electrons. The molecule has 4 rings (SSSR count). The van der Waals surface area contributed by atoms with E-state index in [-0.39, 0.29) is 6.04 Å². The van der Waals surface area contributed by atoms with Crippen molar-refractivity contribution in [1.82, 2.24) is 9.97 Å². The van der Waals surface area contributed by atoms with Crippen molar-refractivity contribution in [1.29, 1.82) is 0 Å². The van der Waals surface area contributed by atoms with Gasteiger partial charge in [0.25, 0.3) is 0 Å². The van der Waals surface area contributed by atoms with Crippen LogP contribution >= 0.6 is 0 Å². The van der Waals surface area contributed by atoms with Crippen molar-refractivity contribution >= 4 is 34.4 Å². The maximum Gasteiger partial charge on any atom is 0.158 e. The molecule has 0 aliphatic carbocycles. The van der Waals surface area contributed by atoms with E-state index >= 15 is 0 Å². The van der Waals surface area contributed by atoms with E-state index in [1.165, 1.54) is 0 Å². The first-order valence-electron chi connectivity index (χ1n) is 10.8. The second-order valence-electron chi connectivity index (χ2n) is 8.17. The highest BCUT2D eigenvalue weighted by Crippen LogP contribution is 2.40. The Morgan fingerprint density at radius 2 is 1.88 bits per heavy atom. The standard InChI is InChI=1S/C26H29N7/c1-15-10-7-8-13-22(15)33-19(5)23-16(2)11-9-12-21(23)32-26(33)18(4)30-17(3)24-25(29-14-28-24)31-20(6)27/h7-14,18,31H,5-6,27H2,1-4H3,(H,28,29). The van der Waals surface area contributed by atoms with Gasteiger partial charge in [0.05, 0.1) is 29.2 Å². The van der Waals surface area contributed by atoms with E-state index in [0.717, 1.165) is 51.0 Å². The maximum absolute atomic E-state index is 5.71. The molecule has 7 heteroatoms. The number of hydrogen-bond acceptors (Lipinski definition) is 6. The topological polar surface area (TPSA) is 94.7 Å². The van der Waals surface area contributed by atoms with Crippen molar-refractivity contribution in [3.05, 3.63) is 90.2 Å². The Morgan fingerprint density at radius 3 is 2.61 bits per heavy atom. The van der Waals surface area contributed by atoms with Gasteiger partial charge in [0.15, 0.2) is 5.82 Å². The fraction of sp³-hybridized carbons (Fsp3) is 0.192. The summed E-state index contributed by atoms with van der Waals surface area (Å²) in [5.74, 6) is 1.71. The number of amidine groups is 1. The number of anilines is 2. The van der Waals surface area contributed by atoms with Crippen molar-refractivity contribution < 1.29 is 0 Å². The molecule has 7 nitrogen and oxygen atoms in total. The highest BCUT2D eigenvalue weighted by molar-refractivity contribution is 6.16. The maximum atomic E-state index is 5.71. The quantitative estimate of drug-likeness (QED) is 0.455. The molecule has 168 valence electrons. The Balaban J connectivity index is 1.81. The predicted molar refractivity (Wildman–Crippen MR) is 138 cm³/mol.